The number of hydrogen-bond acceptors (Lipinski definition) is 3. The topological polar surface area (TPSA) is 66.5 Å². The van der Waals surface area contributed by atoms with Gasteiger partial charge in [-0.1, -0.05) is 36.4 Å². The summed E-state index contributed by atoms with van der Waals surface area (Å²) in [6.45, 7) is 4.50. The zero-order valence-electron chi connectivity index (χ0n) is 14.4. The van der Waals surface area contributed by atoms with Crippen LogP contribution in [0.5, 0.6) is 0 Å². The molecule has 1 amide bonds. The first-order chi connectivity index (χ1) is 11.9. The lowest BCUT2D eigenvalue weighted by molar-refractivity contribution is -0.129. The average molecular weight is 358 g/mol. The number of nitrogens with zero attached hydrogens (tertiary/aromatic N) is 1. The first-order valence-corrected chi connectivity index (χ1v) is 9.80. The predicted molar refractivity (Wildman–Crippen MR) is 96.4 cm³/mol. The quantitative estimate of drug-likeness (QED) is 0.914. The zero-order chi connectivity index (χ0) is 18.0. The predicted octanol–water partition coefficient (Wildman–Crippen LogP) is 2.63. The van der Waals surface area contributed by atoms with Crippen LogP contribution in [0, 0.1) is 0 Å². The monoisotopic (exact) mass is 358 g/mol. The van der Waals surface area contributed by atoms with Gasteiger partial charge in [-0.25, -0.2) is 13.1 Å². The Labute approximate surface area is 148 Å². The third-order valence-electron chi connectivity index (χ3n) is 4.58. The minimum atomic E-state index is -3.63. The normalized spacial score (nSPS) is 15.5. The van der Waals surface area contributed by atoms with Crippen molar-refractivity contribution in [1.29, 1.82) is 0 Å². The van der Waals surface area contributed by atoms with Crippen LogP contribution >= 0.6 is 0 Å². The highest BCUT2D eigenvalue weighted by molar-refractivity contribution is 7.89. The van der Waals surface area contributed by atoms with Crippen LogP contribution in [-0.4, -0.2) is 25.8 Å². The molecule has 0 aromatic heterocycles. The number of amides is 1. The van der Waals surface area contributed by atoms with Gasteiger partial charge in [-0.3, -0.25) is 4.79 Å². The molecular formula is C19H22N2O3S. The van der Waals surface area contributed by atoms with Crippen molar-refractivity contribution in [3.05, 3.63) is 65.2 Å². The fourth-order valence-corrected chi connectivity index (χ4v) is 4.36. The Balaban J connectivity index is 1.83. The van der Waals surface area contributed by atoms with Gasteiger partial charge in [0.1, 0.15) is 0 Å². The van der Waals surface area contributed by atoms with E-state index in [0.717, 1.165) is 23.1 Å². The molecule has 0 radical (unpaired) electrons. The summed E-state index contributed by atoms with van der Waals surface area (Å²) in [6, 6.07) is 14.3. The van der Waals surface area contributed by atoms with Gasteiger partial charge in [0.25, 0.3) is 0 Å². The van der Waals surface area contributed by atoms with Gasteiger partial charge in [0.05, 0.1) is 4.90 Å². The van der Waals surface area contributed by atoms with Crippen LogP contribution in [0.2, 0.25) is 0 Å². The van der Waals surface area contributed by atoms with Gasteiger partial charge >= 0.3 is 0 Å². The van der Waals surface area contributed by atoms with E-state index in [4.69, 9.17) is 0 Å². The van der Waals surface area contributed by atoms with Crippen molar-refractivity contribution in [2.24, 2.45) is 0 Å². The molecule has 1 atom stereocenters. The number of fused-ring (bicyclic) bond motifs is 1. The Bertz CT molecular complexity index is 879. The maximum Gasteiger partial charge on any atom is 0.241 e. The van der Waals surface area contributed by atoms with Crippen molar-refractivity contribution in [3.8, 4) is 0 Å². The van der Waals surface area contributed by atoms with E-state index >= 15 is 0 Å². The Kier molecular flexibility index (Phi) is 4.92. The Morgan fingerprint density at radius 2 is 1.84 bits per heavy atom. The fourth-order valence-electron chi connectivity index (χ4n) is 3.08. The van der Waals surface area contributed by atoms with Gasteiger partial charge in [-0.2, -0.15) is 0 Å². The van der Waals surface area contributed by atoms with Crippen LogP contribution in [0.25, 0.3) is 0 Å². The van der Waals surface area contributed by atoms with E-state index in [0.29, 0.717) is 13.1 Å². The second-order valence-corrected chi connectivity index (χ2v) is 8.09. The third kappa shape index (κ3) is 3.91. The van der Waals surface area contributed by atoms with Crippen LogP contribution in [0.15, 0.2) is 53.4 Å². The van der Waals surface area contributed by atoms with Crippen molar-refractivity contribution in [3.63, 3.8) is 0 Å². The highest BCUT2D eigenvalue weighted by Crippen LogP contribution is 2.24. The van der Waals surface area contributed by atoms with Gasteiger partial charge in [-0.05, 0) is 42.2 Å². The number of sulfonamides is 1. The van der Waals surface area contributed by atoms with Gasteiger partial charge in [0.2, 0.25) is 15.9 Å². The molecule has 1 aliphatic heterocycles. The molecule has 3 rings (SSSR count). The molecule has 1 heterocycles. The molecule has 0 fully saturated rings. The van der Waals surface area contributed by atoms with E-state index in [1.54, 1.807) is 17.0 Å². The number of nitrogens with one attached hydrogen (secondary N) is 1. The molecular weight excluding hydrogens is 336 g/mol. The highest BCUT2D eigenvalue weighted by Gasteiger charge is 2.23. The lowest BCUT2D eigenvalue weighted by Gasteiger charge is -2.28. The summed E-state index contributed by atoms with van der Waals surface area (Å²) in [5.41, 5.74) is 2.91. The molecule has 5 nitrogen and oxygen atoms in total. The van der Waals surface area contributed by atoms with E-state index in [9.17, 15) is 13.2 Å². The minimum absolute atomic E-state index is 0.00901. The standard InChI is InChI=1S/C19H22N2O3S/c1-14(16-6-4-3-5-7-16)20-25(23,24)19-9-8-17-10-11-21(15(2)22)13-18(17)12-19/h3-9,12,14,20H,10-11,13H2,1-2H3/t14-/m1/s1. The Hall–Kier alpha value is -2.18. The van der Waals surface area contributed by atoms with Crippen molar-refractivity contribution < 1.29 is 13.2 Å². The van der Waals surface area contributed by atoms with Gasteiger partial charge < -0.3 is 4.90 Å². The van der Waals surface area contributed by atoms with Gasteiger partial charge in [-0.15, -0.1) is 0 Å². The van der Waals surface area contributed by atoms with Crippen LogP contribution in [0.3, 0.4) is 0 Å². The summed E-state index contributed by atoms with van der Waals surface area (Å²) in [5.74, 6) is 0.00901. The molecule has 0 saturated heterocycles. The summed E-state index contributed by atoms with van der Waals surface area (Å²) < 4.78 is 28.2. The summed E-state index contributed by atoms with van der Waals surface area (Å²) in [7, 11) is -3.63. The number of carbonyl (C=O) groups excluding carboxylic acids is 1. The van der Waals surface area contributed by atoms with E-state index in [1.165, 1.54) is 6.92 Å². The molecule has 25 heavy (non-hydrogen) atoms. The first kappa shape index (κ1) is 17.6. The van der Waals surface area contributed by atoms with Crippen LogP contribution in [0.1, 0.15) is 36.6 Å². The molecule has 1 aliphatic rings. The van der Waals surface area contributed by atoms with Crippen LogP contribution < -0.4 is 4.72 Å². The molecule has 0 saturated carbocycles. The molecule has 1 N–H and O–H groups in total. The minimum Gasteiger partial charge on any atom is -0.338 e. The summed E-state index contributed by atoms with van der Waals surface area (Å²) in [6.07, 6.45) is 0.753. The second kappa shape index (κ2) is 6.98. The van der Waals surface area contributed by atoms with Crippen molar-refractivity contribution in [2.45, 2.75) is 37.8 Å². The average Bonchev–Trinajstić information content (AvgIpc) is 2.61. The largest absolute Gasteiger partial charge is 0.338 e. The van der Waals surface area contributed by atoms with Gasteiger partial charge in [0.15, 0.2) is 0 Å². The summed E-state index contributed by atoms with van der Waals surface area (Å²) in [5, 5.41) is 0. The molecule has 2 aromatic carbocycles. The number of hydrogen-bond donors (Lipinski definition) is 1. The number of carbonyl (C=O) groups is 1. The smallest absolute Gasteiger partial charge is 0.241 e. The third-order valence-corrected chi connectivity index (χ3v) is 6.12. The molecule has 0 unspecified atom stereocenters. The lowest BCUT2D eigenvalue weighted by atomic mass is 10.00. The molecule has 0 spiro atoms. The van der Waals surface area contributed by atoms with Crippen molar-refractivity contribution in [1.82, 2.24) is 9.62 Å². The number of benzene rings is 2. The molecule has 2 aromatic rings. The first-order valence-electron chi connectivity index (χ1n) is 8.31. The summed E-state index contributed by atoms with van der Waals surface area (Å²) in [4.78, 5) is 13.6. The van der Waals surface area contributed by atoms with E-state index < -0.39 is 10.0 Å². The molecule has 132 valence electrons. The van der Waals surface area contributed by atoms with Crippen LogP contribution in [0.4, 0.5) is 0 Å². The molecule has 0 aliphatic carbocycles. The highest BCUT2D eigenvalue weighted by atomic mass is 32.2. The lowest BCUT2D eigenvalue weighted by Crippen LogP contribution is -2.34. The Morgan fingerprint density at radius 3 is 2.52 bits per heavy atom. The van der Waals surface area contributed by atoms with E-state index in [1.807, 2.05) is 43.3 Å². The van der Waals surface area contributed by atoms with E-state index in [-0.39, 0.29) is 16.8 Å². The number of rotatable bonds is 4. The van der Waals surface area contributed by atoms with Crippen molar-refractivity contribution >= 4 is 15.9 Å². The fraction of sp³-hybridized carbons (Fsp3) is 0.316. The maximum absolute atomic E-state index is 12.7. The summed E-state index contributed by atoms with van der Waals surface area (Å²) >= 11 is 0. The van der Waals surface area contributed by atoms with E-state index in [2.05, 4.69) is 4.72 Å². The molecule has 6 heteroatoms. The second-order valence-electron chi connectivity index (χ2n) is 6.37. The SMILES string of the molecule is CC(=O)N1CCc2ccc(S(=O)(=O)N[C@H](C)c3ccccc3)cc2C1. The van der Waals surface area contributed by atoms with Gasteiger partial charge in [0, 0.05) is 26.1 Å². The van der Waals surface area contributed by atoms with Crippen LogP contribution in [-0.2, 0) is 27.8 Å². The van der Waals surface area contributed by atoms with Crippen molar-refractivity contribution in [2.75, 3.05) is 6.54 Å². The zero-order valence-corrected chi connectivity index (χ0v) is 15.2. The Morgan fingerprint density at radius 1 is 1.12 bits per heavy atom. The maximum atomic E-state index is 12.7. The molecule has 0 bridgehead atoms.